The summed E-state index contributed by atoms with van der Waals surface area (Å²) in [5, 5.41) is 2.58. The molecule has 1 aliphatic rings. The summed E-state index contributed by atoms with van der Waals surface area (Å²) in [6, 6.07) is 6.65. The van der Waals surface area contributed by atoms with Crippen LogP contribution in [-0.2, 0) is 9.59 Å². The average molecular weight is 305 g/mol. The number of nitrogens with zero attached hydrogens (tertiary/aromatic N) is 2. The molecule has 1 heterocycles. The third kappa shape index (κ3) is 4.07. The molecule has 0 bridgehead atoms. The lowest BCUT2D eigenvalue weighted by Crippen LogP contribution is -2.49. The van der Waals surface area contributed by atoms with Crippen molar-refractivity contribution in [3.05, 3.63) is 42.7 Å². The van der Waals surface area contributed by atoms with E-state index in [1.165, 1.54) is 12.1 Å². The minimum Gasteiger partial charge on any atom is -0.366 e. The van der Waals surface area contributed by atoms with Gasteiger partial charge in [-0.25, -0.2) is 4.39 Å². The van der Waals surface area contributed by atoms with Gasteiger partial charge in [-0.1, -0.05) is 18.7 Å². The number of rotatable bonds is 5. The van der Waals surface area contributed by atoms with Crippen LogP contribution in [0.2, 0.25) is 0 Å². The highest BCUT2D eigenvalue weighted by atomic mass is 19.1. The van der Waals surface area contributed by atoms with E-state index in [2.05, 4.69) is 11.9 Å². The fourth-order valence-electron chi connectivity index (χ4n) is 2.43. The molecule has 1 aromatic carbocycles. The first-order valence-electron chi connectivity index (χ1n) is 7.29. The number of halogens is 1. The van der Waals surface area contributed by atoms with Gasteiger partial charge in [0.05, 0.1) is 5.69 Å². The second-order valence-electron chi connectivity index (χ2n) is 5.06. The molecule has 1 N–H and O–H groups in total. The molecule has 0 spiro atoms. The van der Waals surface area contributed by atoms with Gasteiger partial charge in [0, 0.05) is 39.1 Å². The summed E-state index contributed by atoms with van der Waals surface area (Å²) >= 11 is 0. The Balaban J connectivity index is 1.79. The van der Waals surface area contributed by atoms with Crippen molar-refractivity contribution in [3.8, 4) is 0 Å². The lowest BCUT2D eigenvalue weighted by atomic mass is 10.2. The Morgan fingerprint density at radius 2 is 1.91 bits per heavy atom. The van der Waals surface area contributed by atoms with Gasteiger partial charge in [0.2, 0.25) is 11.8 Å². The first kappa shape index (κ1) is 16.0. The van der Waals surface area contributed by atoms with Crippen LogP contribution in [0.25, 0.3) is 0 Å². The van der Waals surface area contributed by atoms with Crippen molar-refractivity contribution in [1.82, 2.24) is 10.2 Å². The Morgan fingerprint density at radius 3 is 2.55 bits per heavy atom. The largest absolute Gasteiger partial charge is 0.366 e. The predicted molar refractivity (Wildman–Crippen MR) is 83.0 cm³/mol. The van der Waals surface area contributed by atoms with Gasteiger partial charge in [-0.15, -0.1) is 0 Å². The van der Waals surface area contributed by atoms with Crippen LogP contribution in [0.4, 0.5) is 10.1 Å². The van der Waals surface area contributed by atoms with E-state index < -0.39 is 0 Å². The molecule has 2 rings (SSSR count). The Bertz CT molecular complexity index is 554. The van der Waals surface area contributed by atoms with E-state index in [1.807, 2.05) is 4.90 Å². The lowest BCUT2D eigenvalue weighted by Gasteiger charge is -2.36. The third-order valence-corrected chi connectivity index (χ3v) is 3.65. The van der Waals surface area contributed by atoms with E-state index in [-0.39, 0.29) is 24.1 Å². The van der Waals surface area contributed by atoms with Gasteiger partial charge in [0.25, 0.3) is 0 Å². The fourth-order valence-corrected chi connectivity index (χ4v) is 2.43. The zero-order chi connectivity index (χ0) is 15.9. The van der Waals surface area contributed by atoms with Crippen LogP contribution < -0.4 is 10.2 Å². The van der Waals surface area contributed by atoms with E-state index >= 15 is 0 Å². The Labute approximate surface area is 129 Å². The van der Waals surface area contributed by atoms with Crippen molar-refractivity contribution in [2.75, 3.05) is 37.6 Å². The molecule has 5 nitrogen and oxygen atoms in total. The van der Waals surface area contributed by atoms with Crippen LogP contribution in [0, 0.1) is 5.82 Å². The zero-order valence-corrected chi connectivity index (χ0v) is 12.4. The maximum Gasteiger partial charge on any atom is 0.243 e. The van der Waals surface area contributed by atoms with Gasteiger partial charge in [0.1, 0.15) is 5.82 Å². The monoisotopic (exact) mass is 305 g/mol. The summed E-state index contributed by atoms with van der Waals surface area (Å²) in [7, 11) is 0. The summed E-state index contributed by atoms with van der Waals surface area (Å²) < 4.78 is 13.7. The maximum absolute atomic E-state index is 13.7. The molecule has 1 saturated heterocycles. The summed E-state index contributed by atoms with van der Waals surface area (Å²) in [4.78, 5) is 26.7. The number of hydrogen-bond donors (Lipinski definition) is 1. The highest BCUT2D eigenvalue weighted by molar-refractivity contribution is 5.87. The molecule has 0 aliphatic carbocycles. The smallest absolute Gasteiger partial charge is 0.243 e. The van der Waals surface area contributed by atoms with E-state index in [4.69, 9.17) is 0 Å². The van der Waals surface area contributed by atoms with Gasteiger partial charge in [-0.05, 0) is 18.2 Å². The van der Waals surface area contributed by atoms with Gasteiger partial charge in [-0.2, -0.15) is 0 Å². The van der Waals surface area contributed by atoms with Crippen molar-refractivity contribution in [3.63, 3.8) is 0 Å². The molecule has 118 valence electrons. The molecule has 0 atom stereocenters. The summed E-state index contributed by atoms with van der Waals surface area (Å²) in [6.45, 7) is 5.97. The first-order valence-corrected chi connectivity index (χ1v) is 7.29. The molecule has 1 aliphatic heterocycles. The van der Waals surface area contributed by atoms with Crippen LogP contribution in [0.15, 0.2) is 36.9 Å². The average Bonchev–Trinajstić information content (AvgIpc) is 2.55. The van der Waals surface area contributed by atoms with Crippen LogP contribution in [0.5, 0.6) is 0 Å². The molecule has 2 amide bonds. The minimum atomic E-state index is -0.280. The molecular formula is C16H20FN3O2. The number of para-hydroxylation sites is 1. The highest BCUT2D eigenvalue weighted by Crippen LogP contribution is 2.20. The second kappa shape index (κ2) is 7.59. The zero-order valence-electron chi connectivity index (χ0n) is 12.4. The van der Waals surface area contributed by atoms with E-state index in [9.17, 15) is 14.0 Å². The molecule has 1 aromatic rings. The van der Waals surface area contributed by atoms with Gasteiger partial charge < -0.3 is 15.1 Å². The van der Waals surface area contributed by atoms with E-state index in [1.54, 1.807) is 23.1 Å². The van der Waals surface area contributed by atoms with E-state index in [0.29, 0.717) is 38.4 Å². The quantitative estimate of drug-likeness (QED) is 0.831. The molecule has 0 radical (unpaired) electrons. The molecule has 0 unspecified atom stereocenters. The number of benzene rings is 1. The molecule has 1 fully saturated rings. The normalized spacial score (nSPS) is 14.6. The Hall–Kier alpha value is -2.37. The van der Waals surface area contributed by atoms with Crippen LogP contribution in [-0.4, -0.2) is 49.4 Å². The number of piperazine rings is 1. The SMILES string of the molecule is C=CC(=O)NCCC(=O)N1CCN(c2ccccc2F)CC1. The van der Waals surface area contributed by atoms with Crippen molar-refractivity contribution in [2.45, 2.75) is 6.42 Å². The van der Waals surface area contributed by atoms with Crippen molar-refractivity contribution >= 4 is 17.5 Å². The predicted octanol–water partition coefficient (Wildman–Crippen LogP) is 1.17. The number of carbonyl (C=O) groups is 2. The Kier molecular flexibility index (Phi) is 5.52. The topological polar surface area (TPSA) is 52.7 Å². The number of anilines is 1. The number of hydrogen-bond acceptors (Lipinski definition) is 3. The van der Waals surface area contributed by atoms with Crippen molar-refractivity contribution < 1.29 is 14.0 Å². The van der Waals surface area contributed by atoms with Crippen LogP contribution in [0.3, 0.4) is 0 Å². The number of amides is 2. The number of carbonyl (C=O) groups excluding carboxylic acids is 2. The highest BCUT2D eigenvalue weighted by Gasteiger charge is 2.22. The van der Waals surface area contributed by atoms with Gasteiger partial charge >= 0.3 is 0 Å². The minimum absolute atomic E-state index is 0.00227. The van der Waals surface area contributed by atoms with Gasteiger partial charge in [-0.3, -0.25) is 9.59 Å². The second-order valence-corrected chi connectivity index (χ2v) is 5.06. The fraction of sp³-hybridized carbons (Fsp3) is 0.375. The third-order valence-electron chi connectivity index (χ3n) is 3.65. The first-order chi connectivity index (χ1) is 10.6. The molecule has 0 aromatic heterocycles. The van der Waals surface area contributed by atoms with Crippen molar-refractivity contribution in [2.24, 2.45) is 0 Å². The Morgan fingerprint density at radius 1 is 1.23 bits per heavy atom. The van der Waals surface area contributed by atoms with Crippen LogP contribution >= 0.6 is 0 Å². The summed E-state index contributed by atoms with van der Waals surface area (Å²) in [6.07, 6.45) is 1.44. The number of nitrogens with one attached hydrogen (secondary N) is 1. The lowest BCUT2D eigenvalue weighted by molar-refractivity contribution is -0.131. The molecule has 6 heteroatoms. The molecular weight excluding hydrogens is 285 g/mol. The molecule has 22 heavy (non-hydrogen) atoms. The molecule has 0 saturated carbocycles. The van der Waals surface area contributed by atoms with Crippen LogP contribution in [0.1, 0.15) is 6.42 Å². The maximum atomic E-state index is 13.7. The standard InChI is InChI=1S/C16H20FN3O2/c1-2-15(21)18-8-7-16(22)20-11-9-19(10-12-20)14-6-4-3-5-13(14)17/h2-6H,1,7-12H2,(H,18,21). The summed E-state index contributed by atoms with van der Waals surface area (Å²) in [5.41, 5.74) is 0.577. The van der Waals surface area contributed by atoms with Gasteiger partial charge in [0.15, 0.2) is 0 Å². The summed E-state index contributed by atoms with van der Waals surface area (Å²) in [5.74, 6) is -0.524. The van der Waals surface area contributed by atoms with Crippen molar-refractivity contribution in [1.29, 1.82) is 0 Å². The van der Waals surface area contributed by atoms with E-state index in [0.717, 1.165) is 0 Å².